The minimum atomic E-state index is -0.176. The molecule has 41 heavy (non-hydrogen) atoms. The van der Waals surface area contributed by atoms with Gasteiger partial charge in [0.1, 0.15) is 15.8 Å². The summed E-state index contributed by atoms with van der Waals surface area (Å²) in [4.78, 5) is 36.5. The summed E-state index contributed by atoms with van der Waals surface area (Å²) in [7, 11) is 0. The SMILES string of the molecule is CCCCCCCCCCCCN1C(=O)/C(=C\c2c(N3CCc4ccccc4C3)nc3ccccn3c2=O)SC1=S. The fourth-order valence-corrected chi connectivity index (χ4v) is 7.01. The van der Waals surface area contributed by atoms with Crippen molar-refractivity contribution in [2.75, 3.05) is 18.0 Å². The highest BCUT2D eigenvalue weighted by Gasteiger charge is 2.33. The second kappa shape index (κ2) is 14.3. The largest absolute Gasteiger partial charge is 0.351 e. The van der Waals surface area contributed by atoms with Gasteiger partial charge >= 0.3 is 0 Å². The van der Waals surface area contributed by atoms with Crippen molar-refractivity contribution in [3.05, 3.63) is 80.6 Å². The standard InChI is InChI=1S/C33H40N4O2S2/c1-2-3-4-5-6-7-8-9-10-14-21-37-32(39)28(41-33(37)40)23-27-30(34-29-18-13-15-20-36(29)31(27)38)35-22-19-25-16-11-12-17-26(25)24-35/h11-13,15-18,20,23H,2-10,14,19,21-22,24H2,1H3/b28-23+. The Morgan fingerprint density at radius 3 is 2.34 bits per heavy atom. The van der Waals surface area contributed by atoms with Gasteiger partial charge in [-0.15, -0.1) is 0 Å². The van der Waals surface area contributed by atoms with Crippen molar-refractivity contribution in [2.45, 2.75) is 84.1 Å². The summed E-state index contributed by atoms with van der Waals surface area (Å²) in [5.41, 5.74) is 3.42. The van der Waals surface area contributed by atoms with Gasteiger partial charge in [0.2, 0.25) is 0 Å². The first-order valence-electron chi connectivity index (χ1n) is 15.2. The molecule has 5 rings (SSSR count). The van der Waals surface area contributed by atoms with E-state index < -0.39 is 0 Å². The van der Waals surface area contributed by atoms with Crippen molar-refractivity contribution in [2.24, 2.45) is 0 Å². The van der Waals surface area contributed by atoms with E-state index in [2.05, 4.69) is 30.0 Å². The molecule has 6 nitrogen and oxygen atoms in total. The molecule has 3 aromatic rings. The fraction of sp³-hybridized carbons (Fsp3) is 0.455. The Bertz CT molecular complexity index is 1480. The van der Waals surface area contributed by atoms with Crippen LogP contribution in [-0.2, 0) is 17.8 Å². The Morgan fingerprint density at radius 2 is 1.59 bits per heavy atom. The lowest BCUT2D eigenvalue weighted by atomic mass is 9.99. The Labute approximate surface area is 252 Å². The summed E-state index contributed by atoms with van der Waals surface area (Å²) < 4.78 is 2.12. The molecule has 1 fully saturated rings. The summed E-state index contributed by atoms with van der Waals surface area (Å²) in [6.07, 6.45) is 16.8. The fourth-order valence-electron chi connectivity index (χ4n) is 5.72. The van der Waals surface area contributed by atoms with E-state index in [0.29, 0.717) is 39.3 Å². The number of fused-ring (bicyclic) bond motifs is 2. The average molecular weight is 589 g/mol. The molecule has 1 amide bonds. The number of anilines is 1. The highest BCUT2D eigenvalue weighted by atomic mass is 32.2. The number of nitrogens with zero attached hydrogens (tertiary/aromatic N) is 4. The molecule has 0 saturated carbocycles. The van der Waals surface area contributed by atoms with E-state index in [9.17, 15) is 9.59 Å². The van der Waals surface area contributed by atoms with Crippen LogP contribution < -0.4 is 10.5 Å². The van der Waals surface area contributed by atoms with E-state index in [1.165, 1.54) is 74.3 Å². The predicted octanol–water partition coefficient (Wildman–Crippen LogP) is 7.38. The van der Waals surface area contributed by atoms with Crippen molar-refractivity contribution in [3.8, 4) is 0 Å². The number of unbranched alkanes of at least 4 members (excludes halogenated alkanes) is 9. The van der Waals surface area contributed by atoms with Gasteiger partial charge in [-0.05, 0) is 42.2 Å². The number of carbonyl (C=O) groups is 1. The van der Waals surface area contributed by atoms with Crippen LogP contribution in [0, 0.1) is 0 Å². The third-order valence-electron chi connectivity index (χ3n) is 8.06. The molecule has 0 radical (unpaired) electrons. The van der Waals surface area contributed by atoms with Crippen LogP contribution in [0.25, 0.3) is 11.7 Å². The molecular weight excluding hydrogens is 549 g/mol. The molecule has 0 bridgehead atoms. The molecule has 4 heterocycles. The maximum Gasteiger partial charge on any atom is 0.267 e. The minimum Gasteiger partial charge on any atom is -0.351 e. The van der Waals surface area contributed by atoms with Crippen LogP contribution in [0.2, 0.25) is 0 Å². The second-order valence-electron chi connectivity index (χ2n) is 11.0. The van der Waals surface area contributed by atoms with Gasteiger partial charge < -0.3 is 4.90 Å². The van der Waals surface area contributed by atoms with Crippen LogP contribution in [0.4, 0.5) is 5.82 Å². The van der Waals surface area contributed by atoms with E-state index in [0.717, 1.165) is 25.8 Å². The lowest BCUT2D eigenvalue weighted by Gasteiger charge is -2.30. The Hall–Kier alpha value is -2.97. The molecule has 216 valence electrons. The number of benzene rings is 1. The molecule has 0 spiro atoms. The van der Waals surface area contributed by atoms with Crippen molar-refractivity contribution < 1.29 is 4.79 Å². The van der Waals surface area contributed by atoms with Crippen LogP contribution in [0.15, 0.2) is 58.4 Å². The summed E-state index contributed by atoms with van der Waals surface area (Å²) >= 11 is 6.90. The molecule has 8 heteroatoms. The second-order valence-corrected chi connectivity index (χ2v) is 12.7. The first kappa shape index (κ1) is 29.5. The van der Waals surface area contributed by atoms with Crippen molar-refractivity contribution in [1.29, 1.82) is 0 Å². The monoisotopic (exact) mass is 588 g/mol. The van der Waals surface area contributed by atoms with E-state index >= 15 is 0 Å². The smallest absolute Gasteiger partial charge is 0.267 e. The first-order valence-corrected chi connectivity index (χ1v) is 16.4. The van der Waals surface area contributed by atoms with Crippen LogP contribution in [0.5, 0.6) is 0 Å². The predicted molar refractivity (Wildman–Crippen MR) is 174 cm³/mol. The number of carbonyl (C=O) groups excluding carboxylic acids is 1. The first-order chi connectivity index (χ1) is 20.1. The van der Waals surface area contributed by atoms with Gasteiger partial charge in [-0.25, -0.2) is 4.98 Å². The van der Waals surface area contributed by atoms with Gasteiger partial charge in [-0.3, -0.25) is 18.9 Å². The Morgan fingerprint density at radius 1 is 0.902 bits per heavy atom. The number of aromatic nitrogens is 2. The zero-order chi connectivity index (χ0) is 28.6. The van der Waals surface area contributed by atoms with Crippen LogP contribution in [0.1, 0.15) is 87.8 Å². The van der Waals surface area contributed by atoms with E-state index in [-0.39, 0.29) is 11.5 Å². The van der Waals surface area contributed by atoms with Crippen LogP contribution in [0.3, 0.4) is 0 Å². The minimum absolute atomic E-state index is 0.108. The molecule has 0 N–H and O–H groups in total. The Kier molecular flexibility index (Phi) is 10.3. The van der Waals surface area contributed by atoms with Crippen molar-refractivity contribution in [1.82, 2.24) is 14.3 Å². The molecule has 2 aliphatic heterocycles. The molecule has 0 aliphatic carbocycles. The van der Waals surface area contributed by atoms with Gasteiger partial charge in [0.25, 0.3) is 11.5 Å². The number of pyridine rings is 1. The number of hydrogen-bond donors (Lipinski definition) is 0. The number of thiocarbonyl (C=S) groups is 1. The molecular formula is C33H40N4O2S2. The van der Waals surface area contributed by atoms with E-state index in [1.54, 1.807) is 21.6 Å². The van der Waals surface area contributed by atoms with Gasteiger partial charge in [-0.1, -0.05) is 119 Å². The average Bonchev–Trinajstić information content (AvgIpc) is 3.26. The molecule has 1 aromatic carbocycles. The third-order valence-corrected chi connectivity index (χ3v) is 9.44. The molecule has 1 saturated heterocycles. The topological polar surface area (TPSA) is 57.9 Å². The van der Waals surface area contributed by atoms with Crippen molar-refractivity contribution >= 4 is 51.7 Å². The quantitative estimate of drug-likeness (QED) is 0.118. The number of rotatable bonds is 13. The number of thioether (sulfide) groups is 1. The van der Waals surface area contributed by atoms with Gasteiger partial charge in [-0.2, -0.15) is 0 Å². The Balaban J connectivity index is 1.29. The zero-order valence-corrected chi connectivity index (χ0v) is 25.7. The lowest BCUT2D eigenvalue weighted by Crippen LogP contribution is -2.34. The van der Waals surface area contributed by atoms with Crippen LogP contribution in [-0.4, -0.2) is 37.6 Å². The van der Waals surface area contributed by atoms with Gasteiger partial charge in [0.05, 0.1) is 10.5 Å². The third kappa shape index (κ3) is 7.09. The summed E-state index contributed by atoms with van der Waals surface area (Å²) in [5.74, 6) is 0.513. The molecule has 0 unspecified atom stereocenters. The van der Waals surface area contributed by atoms with Crippen molar-refractivity contribution in [3.63, 3.8) is 0 Å². The summed E-state index contributed by atoms with van der Waals surface area (Å²) in [6.45, 7) is 4.31. The molecule has 0 atom stereocenters. The normalized spacial score (nSPS) is 16.3. The maximum atomic E-state index is 13.8. The summed E-state index contributed by atoms with van der Waals surface area (Å²) in [6, 6.07) is 14.0. The van der Waals surface area contributed by atoms with E-state index in [4.69, 9.17) is 17.2 Å². The maximum absolute atomic E-state index is 13.8. The van der Waals surface area contributed by atoms with Crippen LogP contribution >= 0.6 is 24.0 Å². The van der Waals surface area contributed by atoms with Gasteiger partial charge in [0, 0.05) is 25.8 Å². The zero-order valence-electron chi connectivity index (χ0n) is 24.0. The van der Waals surface area contributed by atoms with Gasteiger partial charge in [0.15, 0.2) is 0 Å². The molecule has 2 aliphatic rings. The lowest BCUT2D eigenvalue weighted by molar-refractivity contribution is -0.122. The number of amides is 1. The summed E-state index contributed by atoms with van der Waals surface area (Å²) in [5, 5.41) is 0. The highest BCUT2D eigenvalue weighted by Crippen LogP contribution is 2.34. The highest BCUT2D eigenvalue weighted by molar-refractivity contribution is 8.26. The van der Waals surface area contributed by atoms with E-state index in [1.807, 2.05) is 24.3 Å². The number of hydrogen-bond acceptors (Lipinski definition) is 6. The molecule has 2 aromatic heterocycles.